The van der Waals surface area contributed by atoms with Crippen LogP contribution in [0.3, 0.4) is 0 Å². The van der Waals surface area contributed by atoms with Gasteiger partial charge in [0.05, 0.1) is 17.2 Å². The number of nitrogens with zero attached hydrogens (tertiary/aromatic N) is 2. The second-order valence-electron chi connectivity index (χ2n) is 11.4. The Morgan fingerprint density at radius 2 is 1.53 bits per heavy atom. The van der Waals surface area contributed by atoms with Crippen molar-refractivity contribution in [3.63, 3.8) is 0 Å². The van der Waals surface area contributed by atoms with Crippen LogP contribution in [0, 0.1) is 6.92 Å². The zero-order valence-corrected chi connectivity index (χ0v) is 28.8. The highest BCUT2D eigenvalue weighted by molar-refractivity contribution is 7.92. The summed E-state index contributed by atoms with van der Waals surface area (Å²) in [6.07, 6.45) is 0.915. The Balaban J connectivity index is 1.84. The number of ether oxygens (including phenoxy) is 1. The fourth-order valence-corrected chi connectivity index (χ4v) is 6.76. The summed E-state index contributed by atoms with van der Waals surface area (Å²) < 4.78 is 35.6. The molecular formula is C37H42ClN3O5S. The summed E-state index contributed by atoms with van der Waals surface area (Å²) in [4.78, 5) is 30.1. The van der Waals surface area contributed by atoms with E-state index in [1.165, 1.54) is 17.0 Å². The van der Waals surface area contributed by atoms with Crippen molar-refractivity contribution in [1.82, 2.24) is 10.2 Å². The van der Waals surface area contributed by atoms with E-state index in [2.05, 4.69) is 5.32 Å². The van der Waals surface area contributed by atoms with Gasteiger partial charge in [0, 0.05) is 24.0 Å². The summed E-state index contributed by atoms with van der Waals surface area (Å²) in [5, 5.41) is 3.52. The quantitative estimate of drug-likeness (QED) is 0.150. The number of nitrogens with one attached hydrogen (secondary N) is 1. The number of hydrogen-bond donors (Lipinski definition) is 1. The lowest BCUT2D eigenvalue weighted by molar-refractivity contribution is -0.140. The number of benzene rings is 4. The van der Waals surface area contributed by atoms with E-state index in [0.717, 1.165) is 15.4 Å². The molecule has 1 N–H and O–H groups in total. The fourth-order valence-electron chi connectivity index (χ4n) is 5.12. The van der Waals surface area contributed by atoms with Gasteiger partial charge in [-0.3, -0.25) is 13.9 Å². The molecule has 0 fully saturated rings. The summed E-state index contributed by atoms with van der Waals surface area (Å²) in [5.41, 5.74) is 2.66. The molecule has 0 radical (unpaired) electrons. The van der Waals surface area contributed by atoms with E-state index in [1.807, 2.05) is 57.2 Å². The SMILES string of the molecule is CCOc1ccccc1N(CC(=O)N(Cc1cccc(Cl)c1)[C@@H](Cc1ccccc1)C(=O)N[C@H](C)CC)S(=O)(=O)c1ccc(C)cc1. The molecule has 47 heavy (non-hydrogen) atoms. The molecule has 10 heteroatoms. The number of hydrogen-bond acceptors (Lipinski definition) is 5. The molecule has 4 aromatic carbocycles. The van der Waals surface area contributed by atoms with Crippen molar-refractivity contribution in [2.75, 3.05) is 17.5 Å². The van der Waals surface area contributed by atoms with Gasteiger partial charge >= 0.3 is 0 Å². The van der Waals surface area contributed by atoms with E-state index in [1.54, 1.807) is 61.5 Å². The van der Waals surface area contributed by atoms with Crippen molar-refractivity contribution in [3.8, 4) is 5.75 Å². The number of carbonyl (C=O) groups is 2. The lowest BCUT2D eigenvalue weighted by Gasteiger charge is -2.34. The topological polar surface area (TPSA) is 96.0 Å². The Morgan fingerprint density at radius 3 is 2.19 bits per heavy atom. The molecule has 0 aliphatic carbocycles. The van der Waals surface area contributed by atoms with Crippen LogP contribution in [0.4, 0.5) is 5.69 Å². The minimum atomic E-state index is -4.26. The zero-order valence-electron chi connectivity index (χ0n) is 27.2. The number of rotatable bonds is 15. The molecule has 2 amide bonds. The van der Waals surface area contributed by atoms with Crippen LogP contribution in [-0.4, -0.2) is 50.4 Å². The number of aryl methyl sites for hydroxylation is 1. The van der Waals surface area contributed by atoms with Crippen molar-refractivity contribution < 1.29 is 22.7 Å². The molecule has 0 saturated carbocycles. The minimum absolute atomic E-state index is 0.0242. The summed E-state index contributed by atoms with van der Waals surface area (Å²) in [5.74, 6) is -0.580. The van der Waals surface area contributed by atoms with Gasteiger partial charge in [0.25, 0.3) is 10.0 Å². The Bertz CT molecular complexity index is 1750. The number of sulfonamides is 1. The van der Waals surface area contributed by atoms with Crippen LogP contribution in [0.5, 0.6) is 5.75 Å². The van der Waals surface area contributed by atoms with Gasteiger partial charge in [0.2, 0.25) is 11.8 Å². The first-order valence-corrected chi connectivity index (χ1v) is 17.5. The van der Waals surface area contributed by atoms with E-state index in [-0.39, 0.29) is 35.5 Å². The first-order valence-electron chi connectivity index (χ1n) is 15.7. The molecule has 0 bridgehead atoms. The van der Waals surface area contributed by atoms with E-state index in [9.17, 15) is 18.0 Å². The van der Waals surface area contributed by atoms with Gasteiger partial charge in [-0.05, 0) is 74.7 Å². The highest BCUT2D eigenvalue weighted by Crippen LogP contribution is 2.33. The molecule has 2 atom stereocenters. The third-order valence-corrected chi connectivity index (χ3v) is 9.84. The molecule has 8 nitrogen and oxygen atoms in total. The van der Waals surface area contributed by atoms with Crippen molar-refractivity contribution in [2.45, 2.75) is 64.1 Å². The van der Waals surface area contributed by atoms with E-state index >= 15 is 0 Å². The Labute approximate surface area is 283 Å². The number of anilines is 1. The fraction of sp³-hybridized carbons (Fsp3) is 0.297. The zero-order chi connectivity index (χ0) is 34.0. The van der Waals surface area contributed by atoms with Crippen LogP contribution in [0.25, 0.3) is 0 Å². The molecule has 0 saturated heterocycles. The molecular weight excluding hydrogens is 634 g/mol. The van der Waals surface area contributed by atoms with Crippen molar-refractivity contribution >= 4 is 39.1 Å². The molecule has 0 aliphatic heterocycles. The van der Waals surface area contributed by atoms with Gasteiger partial charge < -0.3 is 15.0 Å². The smallest absolute Gasteiger partial charge is 0.264 e. The van der Waals surface area contributed by atoms with Gasteiger partial charge in [-0.2, -0.15) is 0 Å². The number of carbonyl (C=O) groups excluding carboxylic acids is 2. The third kappa shape index (κ3) is 9.36. The maximum absolute atomic E-state index is 14.7. The monoisotopic (exact) mass is 675 g/mol. The maximum atomic E-state index is 14.7. The number of amides is 2. The third-order valence-electron chi connectivity index (χ3n) is 7.84. The Morgan fingerprint density at radius 1 is 0.872 bits per heavy atom. The van der Waals surface area contributed by atoms with Crippen LogP contribution in [-0.2, 0) is 32.6 Å². The van der Waals surface area contributed by atoms with Gasteiger partial charge in [-0.25, -0.2) is 8.42 Å². The van der Waals surface area contributed by atoms with Crippen LogP contribution >= 0.6 is 11.6 Å². The van der Waals surface area contributed by atoms with Gasteiger partial charge in [-0.15, -0.1) is 0 Å². The second-order valence-corrected chi connectivity index (χ2v) is 13.7. The lowest BCUT2D eigenvalue weighted by Crippen LogP contribution is -2.54. The molecule has 0 aliphatic rings. The standard InChI is InChI=1S/C37H42ClN3O5S/c1-5-28(4)39-37(43)34(24-29-13-8-7-9-14-29)40(25-30-15-12-16-31(38)23-30)36(42)26-41(33-17-10-11-18-35(33)46-6-2)47(44,45)32-21-19-27(3)20-22-32/h7-23,28,34H,5-6,24-26H2,1-4H3,(H,39,43)/t28-,34+/m1/s1. The number of para-hydroxylation sites is 2. The summed E-state index contributed by atoms with van der Waals surface area (Å²) >= 11 is 6.33. The first-order chi connectivity index (χ1) is 22.5. The highest BCUT2D eigenvalue weighted by atomic mass is 35.5. The van der Waals surface area contributed by atoms with Gasteiger partial charge in [-0.1, -0.05) is 90.8 Å². The van der Waals surface area contributed by atoms with Crippen molar-refractivity contribution in [2.24, 2.45) is 0 Å². The molecule has 4 rings (SSSR count). The predicted octanol–water partition coefficient (Wildman–Crippen LogP) is 6.80. The van der Waals surface area contributed by atoms with E-state index in [4.69, 9.17) is 16.3 Å². The van der Waals surface area contributed by atoms with Gasteiger partial charge in [0.1, 0.15) is 18.3 Å². The van der Waals surface area contributed by atoms with Crippen LogP contribution < -0.4 is 14.4 Å². The van der Waals surface area contributed by atoms with Crippen molar-refractivity contribution in [1.29, 1.82) is 0 Å². The molecule has 0 unspecified atom stereocenters. The Kier molecular flexibility index (Phi) is 12.4. The van der Waals surface area contributed by atoms with E-state index in [0.29, 0.717) is 29.4 Å². The molecule has 0 heterocycles. The van der Waals surface area contributed by atoms with Crippen LogP contribution in [0.2, 0.25) is 5.02 Å². The second kappa shape index (κ2) is 16.5. The summed E-state index contributed by atoms with van der Waals surface area (Å²) in [6.45, 7) is 7.28. The molecule has 0 aromatic heterocycles. The Hall–Kier alpha value is -4.34. The molecule has 4 aromatic rings. The van der Waals surface area contributed by atoms with Crippen LogP contribution in [0.15, 0.2) is 108 Å². The summed E-state index contributed by atoms with van der Waals surface area (Å²) in [6, 6.07) is 28.6. The molecule has 248 valence electrons. The van der Waals surface area contributed by atoms with Crippen molar-refractivity contribution in [3.05, 3.63) is 125 Å². The van der Waals surface area contributed by atoms with E-state index < -0.39 is 28.5 Å². The predicted molar refractivity (Wildman–Crippen MR) is 187 cm³/mol. The average molecular weight is 676 g/mol. The lowest BCUT2D eigenvalue weighted by atomic mass is 10.0. The minimum Gasteiger partial charge on any atom is -0.492 e. The van der Waals surface area contributed by atoms with Gasteiger partial charge in [0.15, 0.2) is 0 Å². The highest BCUT2D eigenvalue weighted by Gasteiger charge is 2.35. The maximum Gasteiger partial charge on any atom is 0.264 e. The number of halogens is 1. The summed E-state index contributed by atoms with van der Waals surface area (Å²) in [7, 11) is -4.26. The van der Waals surface area contributed by atoms with Crippen LogP contribution in [0.1, 0.15) is 43.9 Å². The average Bonchev–Trinajstić information content (AvgIpc) is 3.06. The molecule has 0 spiro atoms. The normalized spacial score (nSPS) is 12.5. The largest absolute Gasteiger partial charge is 0.492 e. The first kappa shape index (κ1) is 35.5.